The number of aromatic nitrogens is 2. The van der Waals surface area contributed by atoms with Crippen LogP contribution in [0.25, 0.3) is 5.69 Å². The van der Waals surface area contributed by atoms with Crippen molar-refractivity contribution in [3.63, 3.8) is 0 Å². The number of benzene rings is 1. The van der Waals surface area contributed by atoms with Crippen molar-refractivity contribution in [1.29, 1.82) is 0 Å². The van der Waals surface area contributed by atoms with E-state index in [4.69, 9.17) is 11.6 Å². The highest BCUT2D eigenvalue weighted by molar-refractivity contribution is 6.33. The van der Waals surface area contributed by atoms with Crippen LogP contribution in [-0.4, -0.2) is 21.6 Å². The number of para-hydroxylation sites is 1. The SMILES string of the molecule is Cc1nn(-c2ccccc2)c(Cl)c1C(=O)NNC(=O)CC(C)C. The number of nitrogens with zero attached hydrogens (tertiary/aromatic N) is 2. The van der Waals surface area contributed by atoms with Gasteiger partial charge in [0.2, 0.25) is 5.91 Å². The molecule has 6 nitrogen and oxygen atoms in total. The zero-order chi connectivity index (χ0) is 17.0. The summed E-state index contributed by atoms with van der Waals surface area (Å²) in [7, 11) is 0. The van der Waals surface area contributed by atoms with Gasteiger partial charge in [0.15, 0.2) is 0 Å². The van der Waals surface area contributed by atoms with Crippen LogP contribution in [-0.2, 0) is 4.79 Å². The molecule has 0 aliphatic rings. The van der Waals surface area contributed by atoms with Crippen molar-refractivity contribution in [2.24, 2.45) is 5.92 Å². The van der Waals surface area contributed by atoms with E-state index in [0.717, 1.165) is 5.69 Å². The minimum absolute atomic E-state index is 0.198. The predicted octanol–water partition coefficient (Wildman–Crippen LogP) is 2.64. The third kappa shape index (κ3) is 4.10. The quantitative estimate of drug-likeness (QED) is 0.844. The number of rotatable bonds is 4. The summed E-state index contributed by atoms with van der Waals surface area (Å²) in [4.78, 5) is 23.9. The van der Waals surface area contributed by atoms with Crippen LogP contribution in [0.1, 0.15) is 36.3 Å². The molecule has 2 N–H and O–H groups in total. The van der Waals surface area contributed by atoms with Gasteiger partial charge in [-0.1, -0.05) is 43.6 Å². The molecule has 0 aliphatic carbocycles. The van der Waals surface area contributed by atoms with Crippen molar-refractivity contribution in [1.82, 2.24) is 20.6 Å². The van der Waals surface area contributed by atoms with Crippen LogP contribution in [0.3, 0.4) is 0 Å². The van der Waals surface area contributed by atoms with Gasteiger partial charge in [0.1, 0.15) is 10.7 Å². The molecule has 1 aromatic heterocycles. The summed E-state index contributed by atoms with van der Waals surface area (Å²) in [5, 5.41) is 4.49. The molecule has 2 aromatic rings. The first-order chi connectivity index (χ1) is 10.9. The summed E-state index contributed by atoms with van der Waals surface area (Å²) in [6, 6.07) is 9.27. The molecule has 1 heterocycles. The van der Waals surface area contributed by atoms with Crippen LogP contribution >= 0.6 is 11.6 Å². The van der Waals surface area contributed by atoms with Crippen LogP contribution in [0, 0.1) is 12.8 Å². The van der Waals surface area contributed by atoms with Gasteiger partial charge in [-0.25, -0.2) is 4.68 Å². The molecule has 23 heavy (non-hydrogen) atoms. The summed E-state index contributed by atoms with van der Waals surface area (Å²) in [6.07, 6.45) is 0.330. The zero-order valence-electron chi connectivity index (χ0n) is 13.3. The molecular formula is C16H19ClN4O2. The Morgan fingerprint density at radius 3 is 2.48 bits per heavy atom. The third-order valence-corrected chi connectivity index (χ3v) is 3.49. The molecule has 2 amide bonds. The Morgan fingerprint density at radius 2 is 1.87 bits per heavy atom. The molecular weight excluding hydrogens is 316 g/mol. The second-order valence-corrected chi connectivity index (χ2v) is 5.96. The first-order valence-corrected chi connectivity index (χ1v) is 7.67. The van der Waals surface area contributed by atoms with Crippen LogP contribution in [0.4, 0.5) is 0 Å². The maximum atomic E-state index is 12.3. The average Bonchev–Trinajstić information content (AvgIpc) is 2.80. The lowest BCUT2D eigenvalue weighted by Crippen LogP contribution is -2.42. The van der Waals surface area contributed by atoms with E-state index in [2.05, 4.69) is 16.0 Å². The molecule has 7 heteroatoms. The molecule has 0 unspecified atom stereocenters. The molecule has 122 valence electrons. The second-order valence-electron chi connectivity index (χ2n) is 5.60. The average molecular weight is 335 g/mol. The van der Waals surface area contributed by atoms with Crippen molar-refractivity contribution in [2.75, 3.05) is 0 Å². The maximum Gasteiger partial charge on any atom is 0.274 e. The molecule has 2 rings (SSSR count). The van der Waals surface area contributed by atoms with Gasteiger partial charge in [-0.05, 0) is 25.0 Å². The molecule has 0 spiro atoms. The van der Waals surface area contributed by atoms with Gasteiger partial charge in [-0.15, -0.1) is 0 Å². The van der Waals surface area contributed by atoms with E-state index >= 15 is 0 Å². The highest BCUT2D eigenvalue weighted by atomic mass is 35.5. The molecule has 0 saturated heterocycles. The number of hydrogen-bond acceptors (Lipinski definition) is 3. The number of amides is 2. The molecule has 0 bridgehead atoms. The van der Waals surface area contributed by atoms with Crippen molar-refractivity contribution < 1.29 is 9.59 Å². The second kappa shape index (κ2) is 7.28. The Kier molecular flexibility index (Phi) is 5.39. The van der Waals surface area contributed by atoms with Gasteiger partial charge in [0, 0.05) is 6.42 Å². The summed E-state index contributed by atoms with van der Waals surface area (Å²) in [6.45, 7) is 5.54. The smallest absolute Gasteiger partial charge is 0.273 e. The van der Waals surface area contributed by atoms with E-state index in [1.54, 1.807) is 6.92 Å². The number of aryl methyl sites for hydroxylation is 1. The molecule has 0 atom stereocenters. The number of nitrogens with one attached hydrogen (secondary N) is 2. The molecule has 0 aliphatic heterocycles. The number of hydrogen-bond donors (Lipinski definition) is 2. The van der Waals surface area contributed by atoms with Crippen LogP contribution in [0.2, 0.25) is 5.15 Å². The Balaban J connectivity index is 2.16. The molecule has 0 radical (unpaired) electrons. The third-order valence-electron chi connectivity index (χ3n) is 3.14. The van der Waals surface area contributed by atoms with Crippen LogP contribution < -0.4 is 10.9 Å². The Morgan fingerprint density at radius 1 is 1.22 bits per heavy atom. The van der Waals surface area contributed by atoms with Gasteiger partial charge in [-0.3, -0.25) is 20.4 Å². The number of carbonyl (C=O) groups excluding carboxylic acids is 2. The highest BCUT2D eigenvalue weighted by Gasteiger charge is 2.21. The Hall–Kier alpha value is -2.34. The lowest BCUT2D eigenvalue weighted by Gasteiger charge is -2.08. The van der Waals surface area contributed by atoms with Gasteiger partial charge in [-0.2, -0.15) is 5.10 Å². The summed E-state index contributed by atoms with van der Waals surface area (Å²) in [5.74, 6) is -0.539. The molecule has 0 fully saturated rings. The monoisotopic (exact) mass is 334 g/mol. The standard InChI is InChI=1S/C16H19ClN4O2/c1-10(2)9-13(22)18-19-16(23)14-11(3)20-21(15(14)17)12-7-5-4-6-8-12/h4-8,10H,9H2,1-3H3,(H,18,22)(H,19,23). The lowest BCUT2D eigenvalue weighted by molar-refractivity contribution is -0.122. The van der Waals surface area contributed by atoms with Crippen molar-refractivity contribution in [3.05, 3.63) is 46.7 Å². The van der Waals surface area contributed by atoms with Crippen molar-refractivity contribution >= 4 is 23.4 Å². The van der Waals surface area contributed by atoms with Crippen molar-refractivity contribution in [3.8, 4) is 5.69 Å². The Bertz CT molecular complexity index is 710. The van der Waals surface area contributed by atoms with E-state index in [1.165, 1.54) is 4.68 Å². The number of carbonyl (C=O) groups is 2. The minimum Gasteiger partial charge on any atom is -0.273 e. The first kappa shape index (κ1) is 17.0. The van der Waals surface area contributed by atoms with E-state index in [0.29, 0.717) is 12.1 Å². The van der Waals surface area contributed by atoms with Crippen molar-refractivity contribution in [2.45, 2.75) is 27.2 Å². The van der Waals surface area contributed by atoms with Crippen LogP contribution in [0.5, 0.6) is 0 Å². The topological polar surface area (TPSA) is 76.0 Å². The fraction of sp³-hybridized carbons (Fsp3) is 0.312. The van der Waals surface area contributed by atoms with Gasteiger partial charge in [0.25, 0.3) is 5.91 Å². The molecule has 0 saturated carbocycles. The minimum atomic E-state index is -0.494. The van der Waals surface area contributed by atoms with E-state index in [1.807, 2.05) is 44.2 Å². The van der Waals surface area contributed by atoms with E-state index < -0.39 is 5.91 Å². The van der Waals surface area contributed by atoms with Crippen LogP contribution in [0.15, 0.2) is 30.3 Å². The predicted molar refractivity (Wildman–Crippen MR) is 88.4 cm³/mol. The van der Waals surface area contributed by atoms with E-state index in [-0.39, 0.29) is 22.5 Å². The summed E-state index contributed by atoms with van der Waals surface area (Å²) in [5.41, 5.74) is 6.23. The van der Waals surface area contributed by atoms with Gasteiger partial charge < -0.3 is 0 Å². The summed E-state index contributed by atoms with van der Waals surface area (Å²) < 4.78 is 1.49. The number of halogens is 1. The fourth-order valence-electron chi connectivity index (χ4n) is 2.11. The Labute approximate surface area is 139 Å². The highest BCUT2D eigenvalue weighted by Crippen LogP contribution is 2.23. The zero-order valence-corrected chi connectivity index (χ0v) is 14.0. The van der Waals surface area contributed by atoms with Gasteiger partial charge >= 0.3 is 0 Å². The van der Waals surface area contributed by atoms with E-state index in [9.17, 15) is 9.59 Å². The first-order valence-electron chi connectivity index (χ1n) is 7.30. The lowest BCUT2D eigenvalue weighted by atomic mass is 10.1. The number of hydrazine groups is 1. The largest absolute Gasteiger partial charge is 0.274 e. The maximum absolute atomic E-state index is 12.3. The molecule has 1 aromatic carbocycles. The van der Waals surface area contributed by atoms with Gasteiger partial charge in [0.05, 0.1) is 11.4 Å². The summed E-state index contributed by atoms with van der Waals surface area (Å²) >= 11 is 6.29. The fourth-order valence-corrected chi connectivity index (χ4v) is 2.47. The normalized spacial score (nSPS) is 10.7.